The van der Waals surface area contributed by atoms with Crippen molar-refractivity contribution in [3.05, 3.63) is 35.1 Å². The van der Waals surface area contributed by atoms with E-state index < -0.39 is 5.82 Å². The number of nitrogens with zero attached hydrogens (tertiary/aromatic N) is 1. The number of hydrogen-bond acceptors (Lipinski definition) is 3. The highest BCUT2D eigenvalue weighted by molar-refractivity contribution is 7.98. The Morgan fingerprint density at radius 1 is 1.50 bits per heavy atom. The molecule has 0 fully saturated rings. The largest absolute Gasteiger partial charge is 0.330 e. The number of nitriles is 1. The molecule has 0 spiro atoms. The molecule has 0 unspecified atom stereocenters. The van der Waals surface area contributed by atoms with Gasteiger partial charge < -0.3 is 5.73 Å². The molecule has 0 radical (unpaired) electrons. The molecule has 0 bridgehead atoms. The number of nitrogens with two attached hydrogens (primary N) is 1. The van der Waals surface area contributed by atoms with Crippen molar-refractivity contribution in [2.24, 2.45) is 5.73 Å². The molecule has 0 aliphatic heterocycles. The van der Waals surface area contributed by atoms with Gasteiger partial charge in [-0.05, 0) is 17.7 Å². The third kappa shape index (κ3) is 3.02. The zero-order valence-electron chi connectivity index (χ0n) is 7.66. The van der Waals surface area contributed by atoms with E-state index in [1.807, 2.05) is 6.07 Å². The van der Waals surface area contributed by atoms with E-state index in [0.717, 1.165) is 17.1 Å². The smallest absolute Gasteiger partial charge is 0.140 e. The van der Waals surface area contributed by atoms with E-state index in [0.29, 0.717) is 6.54 Å². The number of hydrogen-bond donors (Lipinski definition) is 1. The van der Waals surface area contributed by atoms with E-state index >= 15 is 0 Å². The van der Waals surface area contributed by atoms with Gasteiger partial charge >= 0.3 is 0 Å². The predicted octanol–water partition coefficient (Wildman–Crippen LogP) is 1.89. The Morgan fingerprint density at radius 3 is 2.93 bits per heavy atom. The van der Waals surface area contributed by atoms with Crippen LogP contribution in [-0.4, -0.2) is 12.3 Å². The summed E-state index contributed by atoms with van der Waals surface area (Å²) in [6.45, 7) is 0.636. The minimum atomic E-state index is -0.458. The van der Waals surface area contributed by atoms with Crippen LogP contribution in [0.1, 0.15) is 11.1 Å². The van der Waals surface area contributed by atoms with Crippen molar-refractivity contribution in [2.75, 3.05) is 12.3 Å². The fourth-order valence-corrected chi connectivity index (χ4v) is 1.75. The van der Waals surface area contributed by atoms with Gasteiger partial charge in [-0.15, -0.1) is 0 Å². The van der Waals surface area contributed by atoms with Crippen LogP contribution in [0.2, 0.25) is 0 Å². The van der Waals surface area contributed by atoms with Crippen LogP contribution in [0, 0.1) is 17.1 Å². The van der Waals surface area contributed by atoms with Crippen LogP contribution in [0.15, 0.2) is 18.2 Å². The number of halogens is 1. The summed E-state index contributed by atoms with van der Waals surface area (Å²) in [6.07, 6.45) is 0. The van der Waals surface area contributed by atoms with Crippen LogP contribution in [0.3, 0.4) is 0 Å². The van der Waals surface area contributed by atoms with Crippen LogP contribution >= 0.6 is 11.8 Å². The fraction of sp³-hybridized carbons (Fsp3) is 0.300. The fourth-order valence-electron chi connectivity index (χ4n) is 1.02. The van der Waals surface area contributed by atoms with E-state index in [4.69, 9.17) is 11.0 Å². The minimum Gasteiger partial charge on any atom is -0.330 e. The Labute approximate surface area is 86.9 Å². The van der Waals surface area contributed by atoms with Gasteiger partial charge in [-0.2, -0.15) is 17.0 Å². The third-order valence-corrected chi connectivity index (χ3v) is 2.74. The highest BCUT2D eigenvalue weighted by Crippen LogP contribution is 2.15. The van der Waals surface area contributed by atoms with Crippen molar-refractivity contribution < 1.29 is 4.39 Å². The van der Waals surface area contributed by atoms with Gasteiger partial charge in [0.05, 0.1) is 5.56 Å². The second-order valence-electron chi connectivity index (χ2n) is 2.77. The van der Waals surface area contributed by atoms with Gasteiger partial charge in [0.1, 0.15) is 11.9 Å². The van der Waals surface area contributed by atoms with Crippen molar-refractivity contribution in [3.63, 3.8) is 0 Å². The molecule has 0 atom stereocenters. The first-order valence-electron chi connectivity index (χ1n) is 4.24. The van der Waals surface area contributed by atoms with Gasteiger partial charge in [-0.3, -0.25) is 0 Å². The molecule has 14 heavy (non-hydrogen) atoms. The van der Waals surface area contributed by atoms with Gasteiger partial charge in [0, 0.05) is 18.1 Å². The van der Waals surface area contributed by atoms with Crippen molar-refractivity contribution in [3.8, 4) is 6.07 Å². The topological polar surface area (TPSA) is 49.8 Å². The Morgan fingerprint density at radius 2 is 2.29 bits per heavy atom. The SMILES string of the molecule is N#Cc1cc(CSCCN)ccc1F. The molecule has 0 heterocycles. The Hall–Kier alpha value is -1.05. The second kappa shape index (κ2) is 5.63. The van der Waals surface area contributed by atoms with Crippen molar-refractivity contribution in [2.45, 2.75) is 5.75 Å². The molecule has 74 valence electrons. The number of rotatable bonds is 4. The summed E-state index contributed by atoms with van der Waals surface area (Å²) in [7, 11) is 0. The van der Waals surface area contributed by atoms with Gasteiger partial charge in [-0.25, -0.2) is 4.39 Å². The second-order valence-corrected chi connectivity index (χ2v) is 3.87. The first kappa shape index (κ1) is 11.0. The third-order valence-electron chi connectivity index (χ3n) is 1.68. The number of benzene rings is 1. The molecule has 0 amide bonds. The lowest BCUT2D eigenvalue weighted by atomic mass is 10.1. The molecule has 2 nitrogen and oxygen atoms in total. The summed E-state index contributed by atoms with van der Waals surface area (Å²) in [6, 6.07) is 6.42. The molecule has 0 saturated heterocycles. The lowest BCUT2D eigenvalue weighted by molar-refractivity contribution is 0.623. The van der Waals surface area contributed by atoms with Gasteiger partial charge in [0.25, 0.3) is 0 Å². The first-order valence-corrected chi connectivity index (χ1v) is 5.39. The van der Waals surface area contributed by atoms with Gasteiger partial charge in [-0.1, -0.05) is 6.07 Å². The summed E-state index contributed by atoms with van der Waals surface area (Å²) < 4.78 is 12.9. The predicted molar refractivity (Wildman–Crippen MR) is 56.3 cm³/mol. The normalized spacial score (nSPS) is 9.79. The Balaban J connectivity index is 2.66. The van der Waals surface area contributed by atoms with E-state index in [1.54, 1.807) is 23.9 Å². The monoisotopic (exact) mass is 210 g/mol. The summed E-state index contributed by atoms with van der Waals surface area (Å²) in [5, 5.41) is 8.60. The highest BCUT2D eigenvalue weighted by atomic mass is 32.2. The zero-order valence-corrected chi connectivity index (χ0v) is 8.48. The molecule has 2 N–H and O–H groups in total. The van der Waals surface area contributed by atoms with Crippen LogP contribution in [0.25, 0.3) is 0 Å². The van der Waals surface area contributed by atoms with E-state index in [2.05, 4.69) is 0 Å². The molecule has 1 rings (SSSR count). The molecule has 1 aromatic carbocycles. The summed E-state index contributed by atoms with van der Waals surface area (Å²) >= 11 is 1.67. The molecule has 0 aromatic heterocycles. The quantitative estimate of drug-likeness (QED) is 0.772. The van der Waals surface area contributed by atoms with Gasteiger partial charge in [0.15, 0.2) is 0 Å². The van der Waals surface area contributed by atoms with E-state index in [1.165, 1.54) is 6.07 Å². The van der Waals surface area contributed by atoms with Crippen molar-refractivity contribution in [1.29, 1.82) is 5.26 Å². The molecule has 0 aliphatic carbocycles. The standard InChI is InChI=1S/C10H11FN2S/c11-10-2-1-8(5-9(10)6-13)7-14-4-3-12/h1-2,5H,3-4,7,12H2. The maximum Gasteiger partial charge on any atom is 0.140 e. The Bertz CT molecular complexity index is 346. The maximum atomic E-state index is 12.9. The van der Waals surface area contributed by atoms with Crippen molar-refractivity contribution in [1.82, 2.24) is 0 Å². The summed E-state index contributed by atoms with van der Waals surface area (Å²) in [4.78, 5) is 0. The van der Waals surface area contributed by atoms with E-state index in [9.17, 15) is 4.39 Å². The van der Waals surface area contributed by atoms with Gasteiger partial charge in [0.2, 0.25) is 0 Å². The van der Waals surface area contributed by atoms with Crippen LogP contribution in [0.4, 0.5) is 4.39 Å². The molecular weight excluding hydrogens is 199 g/mol. The van der Waals surface area contributed by atoms with Crippen LogP contribution in [-0.2, 0) is 5.75 Å². The first-order chi connectivity index (χ1) is 6.77. The van der Waals surface area contributed by atoms with Crippen LogP contribution < -0.4 is 5.73 Å². The molecule has 4 heteroatoms. The van der Waals surface area contributed by atoms with Crippen molar-refractivity contribution >= 4 is 11.8 Å². The molecule has 0 saturated carbocycles. The average Bonchev–Trinajstić information content (AvgIpc) is 2.21. The zero-order chi connectivity index (χ0) is 10.4. The molecule has 0 aliphatic rings. The lowest BCUT2D eigenvalue weighted by Gasteiger charge is -2.01. The minimum absolute atomic E-state index is 0.107. The highest BCUT2D eigenvalue weighted by Gasteiger charge is 2.02. The van der Waals surface area contributed by atoms with Crippen LogP contribution in [0.5, 0.6) is 0 Å². The van der Waals surface area contributed by atoms with E-state index in [-0.39, 0.29) is 5.56 Å². The lowest BCUT2D eigenvalue weighted by Crippen LogP contribution is -2.01. The molecule has 1 aromatic rings. The number of thioether (sulfide) groups is 1. The average molecular weight is 210 g/mol. The summed E-state index contributed by atoms with van der Waals surface area (Å²) in [5.41, 5.74) is 6.41. The molecular formula is C10H11FN2S. The Kier molecular flexibility index (Phi) is 4.44. The summed E-state index contributed by atoms with van der Waals surface area (Å²) in [5.74, 6) is 1.19. The maximum absolute atomic E-state index is 12.9.